The van der Waals surface area contributed by atoms with E-state index in [1.807, 2.05) is 0 Å². The lowest BCUT2D eigenvalue weighted by molar-refractivity contribution is 0.680. The molecular formula is C11H15N. The minimum absolute atomic E-state index is 0.639. The van der Waals surface area contributed by atoms with E-state index in [1.54, 1.807) is 0 Å². The predicted octanol–water partition coefficient (Wildman–Crippen LogP) is 2.74. The summed E-state index contributed by atoms with van der Waals surface area (Å²) in [7, 11) is 0. The normalized spacial score (nSPS) is 21.3. The summed E-state index contributed by atoms with van der Waals surface area (Å²) in [5.41, 5.74) is 4.18. The van der Waals surface area contributed by atoms with E-state index >= 15 is 0 Å². The first kappa shape index (κ1) is 7.66. The first-order valence-electron chi connectivity index (χ1n) is 4.62. The van der Waals surface area contributed by atoms with E-state index in [2.05, 4.69) is 37.4 Å². The van der Waals surface area contributed by atoms with Gasteiger partial charge in [0.25, 0.3) is 0 Å². The molecule has 0 saturated carbocycles. The van der Waals surface area contributed by atoms with Crippen LogP contribution in [0.25, 0.3) is 0 Å². The summed E-state index contributed by atoms with van der Waals surface area (Å²) < 4.78 is 0. The molecule has 64 valence electrons. The maximum Gasteiger partial charge on any atom is 0.0374 e. The summed E-state index contributed by atoms with van der Waals surface area (Å²) in [6.07, 6.45) is 2.49. The molecule has 1 N–H and O–H groups in total. The molecule has 1 aliphatic rings. The second-order valence-electron chi connectivity index (χ2n) is 3.74. The van der Waals surface area contributed by atoms with E-state index in [-0.39, 0.29) is 0 Å². The van der Waals surface area contributed by atoms with Gasteiger partial charge < -0.3 is 5.32 Å². The van der Waals surface area contributed by atoms with Crippen molar-refractivity contribution < 1.29 is 0 Å². The molecule has 12 heavy (non-hydrogen) atoms. The first-order valence-corrected chi connectivity index (χ1v) is 4.62. The van der Waals surface area contributed by atoms with Gasteiger partial charge in [-0.1, -0.05) is 17.7 Å². The van der Waals surface area contributed by atoms with Crippen LogP contribution in [-0.2, 0) is 6.42 Å². The summed E-state index contributed by atoms with van der Waals surface area (Å²) in [5, 5.41) is 3.49. The first-order chi connectivity index (χ1) is 5.75. The van der Waals surface area contributed by atoms with Gasteiger partial charge in [-0.25, -0.2) is 0 Å². The molecule has 0 amide bonds. The van der Waals surface area contributed by atoms with Crippen molar-refractivity contribution in [2.45, 2.75) is 32.7 Å². The van der Waals surface area contributed by atoms with Crippen molar-refractivity contribution in [3.8, 4) is 0 Å². The molecule has 1 aromatic carbocycles. The number of benzene rings is 1. The van der Waals surface area contributed by atoms with Crippen molar-refractivity contribution in [1.82, 2.24) is 0 Å². The van der Waals surface area contributed by atoms with Gasteiger partial charge in [-0.3, -0.25) is 0 Å². The van der Waals surface area contributed by atoms with Crippen molar-refractivity contribution >= 4 is 5.69 Å². The Morgan fingerprint density at radius 2 is 2.25 bits per heavy atom. The SMILES string of the molecule is Cc1ccc2c(c1)CC[C@H](C)N2. The Bertz CT molecular complexity index is 291. The summed E-state index contributed by atoms with van der Waals surface area (Å²) in [4.78, 5) is 0. The summed E-state index contributed by atoms with van der Waals surface area (Å²) in [6.45, 7) is 4.39. The Morgan fingerprint density at radius 3 is 3.08 bits per heavy atom. The maximum absolute atomic E-state index is 3.49. The molecule has 1 heterocycles. The van der Waals surface area contributed by atoms with Crippen LogP contribution in [0.15, 0.2) is 18.2 Å². The van der Waals surface area contributed by atoms with E-state index in [0.29, 0.717) is 6.04 Å². The molecule has 0 radical (unpaired) electrons. The zero-order valence-corrected chi connectivity index (χ0v) is 7.72. The molecule has 0 saturated heterocycles. The summed E-state index contributed by atoms with van der Waals surface area (Å²) >= 11 is 0. The van der Waals surface area contributed by atoms with Crippen LogP contribution < -0.4 is 5.32 Å². The van der Waals surface area contributed by atoms with Gasteiger partial charge in [-0.15, -0.1) is 0 Å². The Labute approximate surface area is 73.8 Å². The highest BCUT2D eigenvalue weighted by molar-refractivity contribution is 5.54. The van der Waals surface area contributed by atoms with Crippen LogP contribution in [0.2, 0.25) is 0 Å². The molecule has 0 fully saturated rings. The topological polar surface area (TPSA) is 12.0 Å². The van der Waals surface area contributed by atoms with E-state index < -0.39 is 0 Å². The van der Waals surface area contributed by atoms with Crippen LogP contribution in [0.4, 0.5) is 5.69 Å². The van der Waals surface area contributed by atoms with Crippen molar-refractivity contribution in [3.63, 3.8) is 0 Å². The standard InChI is InChI=1S/C11H15N/c1-8-3-6-11-10(7-8)5-4-9(2)12-11/h3,6-7,9,12H,4-5H2,1-2H3/t9-/m0/s1. The van der Waals surface area contributed by atoms with Crippen LogP contribution in [-0.4, -0.2) is 6.04 Å². The second-order valence-corrected chi connectivity index (χ2v) is 3.74. The highest BCUT2D eigenvalue weighted by atomic mass is 14.9. The lowest BCUT2D eigenvalue weighted by atomic mass is 9.97. The van der Waals surface area contributed by atoms with Gasteiger partial charge in [0.15, 0.2) is 0 Å². The number of rotatable bonds is 0. The van der Waals surface area contributed by atoms with Crippen LogP contribution in [0.5, 0.6) is 0 Å². The number of aryl methyl sites for hydroxylation is 2. The number of hydrogen-bond donors (Lipinski definition) is 1. The van der Waals surface area contributed by atoms with Gasteiger partial charge in [-0.05, 0) is 38.3 Å². The Balaban J connectivity index is 2.37. The third-order valence-electron chi connectivity index (χ3n) is 2.51. The Morgan fingerprint density at radius 1 is 1.42 bits per heavy atom. The Kier molecular flexibility index (Phi) is 1.80. The smallest absolute Gasteiger partial charge is 0.0374 e. The predicted molar refractivity (Wildman–Crippen MR) is 52.6 cm³/mol. The fraction of sp³-hybridized carbons (Fsp3) is 0.455. The second kappa shape index (κ2) is 2.81. The van der Waals surface area contributed by atoms with E-state index in [1.165, 1.54) is 29.7 Å². The van der Waals surface area contributed by atoms with E-state index in [4.69, 9.17) is 0 Å². The Hall–Kier alpha value is -0.980. The molecule has 1 aliphatic heterocycles. The number of anilines is 1. The number of fused-ring (bicyclic) bond motifs is 1. The largest absolute Gasteiger partial charge is 0.382 e. The molecule has 1 aromatic rings. The molecule has 1 heteroatoms. The van der Waals surface area contributed by atoms with Crippen molar-refractivity contribution in [2.75, 3.05) is 5.32 Å². The zero-order valence-electron chi connectivity index (χ0n) is 7.72. The van der Waals surface area contributed by atoms with E-state index in [9.17, 15) is 0 Å². The third kappa shape index (κ3) is 1.31. The van der Waals surface area contributed by atoms with Crippen LogP contribution in [0.3, 0.4) is 0 Å². The maximum atomic E-state index is 3.49. The molecule has 1 nitrogen and oxygen atoms in total. The lowest BCUT2D eigenvalue weighted by Crippen LogP contribution is -2.21. The van der Waals surface area contributed by atoms with Gasteiger partial charge in [0.05, 0.1) is 0 Å². The lowest BCUT2D eigenvalue weighted by Gasteiger charge is -2.24. The summed E-state index contributed by atoms with van der Waals surface area (Å²) in [6, 6.07) is 7.29. The molecule has 0 spiro atoms. The average Bonchev–Trinajstić information content (AvgIpc) is 2.05. The van der Waals surface area contributed by atoms with Gasteiger partial charge in [0, 0.05) is 11.7 Å². The molecule has 1 atom stereocenters. The van der Waals surface area contributed by atoms with E-state index in [0.717, 1.165) is 0 Å². The quantitative estimate of drug-likeness (QED) is 0.617. The number of nitrogens with one attached hydrogen (secondary N) is 1. The van der Waals surface area contributed by atoms with Crippen molar-refractivity contribution in [3.05, 3.63) is 29.3 Å². The highest BCUT2D eigenvalue weighted by Crippen LogP contribution is 2.25. The van der Waals surface area contributed by atoms with Gasteiger partial charge in [0.1, 0.15) is 0 Å². The molecular weight excluding hydrogens is 146 g/mol. The molecule has 2 rings (SSSR count). The fourth-order valence-electron chi connectivity index (χ4n) is 1.78. The molecule has 0 unspecified atom stereocenters. The van der Waals surface area contributed by atoms with Crippen LogP contribution in [0, 0.1) is 6.92 Å². The van der Waals surface area contributed by atoms with Gasteiger partial charge in [0.2, 0.25) is 0 Å². The van der Waals surface area contributed by atoms with Crippen LogP contribution >= 0.6 is 0 Å². The molecule has 0 bridgehead atoms. The van der Waals surface area contributed by atoms with Gasteiger partial charge in [-0.2, -0.15) is 0 Å². The van der Waals surface area contributed by atoms with Crippen molar-refractivity contribution in [1.29, 1.82) is 0 Å². The monoisotopic (exact) mass is 161 g/mol. The third-order valence-corrected chi connectivity index (χ3v) is 2.51. The van der Waals surface area contributed by atoms with Crippen LogP contribution in [0.1, 0.15) is 24.5 Å². The highest BCUT2D eigenvalue weighted by Gasteiger charge is 2.12. The molecule has 0 aliphatic carbocycles. The van der Waals surface area contributed by atoms with Crippen molar-refractivity contribution in [2.24, 2.45) is 0 Å². The minimum atomic E-state index is 0.639. The minimum Gasteiger partial charge on any atom is -0.382 e. The fourth-order valence-corrected chi connectivity index (χ4v) is 1.78. The summed E-state index contributed by atoms with van der Waals surface area (Å²) in [5.74, 6) is 0. The zero-order chi connectivity index (χ0) is 8.55. The number of hydrogen-bond acceptors (Lipinski definition) is 1. The average molecular weight is 161 g/mol. The molecule has 0 aromatic heterocycles. The van der Waals surface area contributed by atoms with Gasteiger partial charge >= 0.3 is 0 Å².